The summed E-state index contributed by atoms with van der Waals surface area (Å²) in [6, 6.07) is 15.2. The Labute approximate surface area is 161 Å². The number of aromatic nitrogens is 6. The molecule has 28 heavy (non-hydrogen) atoms. The second-order valence-corrected chi connectivity index (χ2v) is 6.44. The molecule has 0 fully saturated rings. The van der Waals surface area contributed by atoms with Crippen molar-refractivity contribution in [1.82, 2.24) is 34.8 Å². The number of aromatic amines is 1. The molecule has 140 valence electrons. The molecule has 0 saturated heterocycles. The molecular formula is C20H19N7O. The van der Waals surface area contributed by atoms with Gasteiger partial charge in [-0.15, -0.1) is 10.2 Å². The van der Waals surface area contributed by atoms with Crippen LogP contribution in [0.3, 0.4) is 0 Å². The van der Waals surface area contributed by atoms with Gasteiger partial charge in [-0.2, -0.15) is 5.10 Å². The summed E-state index contributed by atoms with van der Waals surface area (Å²) in [5.74, 6) is 0.532. The molecule has 0 saturated carbocycles. The highest BCUT2D eigenvalue weighted by Gasteiger charge is 2.21. The molecule has 0 radical (unpaired) electrons. The zero-order chi connectivity index (χ0) is 19.5. The number of nitrogens with zero attached hydrogens (tertiary/aromatic N) is 6. The molecule has 4 rings (SSSR count). The van der Waals surface area contributed by atoms with E-state index in [4.69, 9.17) is 0 Å². The van der Waals surface area contributed by atoms with Crippen molar-refractivity contribution >= 4 is 5.91 Å². The molecule has 0 aliphatic rings. The Morgan fingerprint density at radius 1 is 1.11 bits per heavy atom. The van der Waals surface area contributed by atoms with Crippen molar-refractivity contribution in [3.63, 3.8) is 0 Å². The predicted octanol–water partition coefficient (Wildman–Crippen LogP) is 2.89. The van der Waals surface area contributed by atoms with E-state index in [1.54, 1.807) is 47.5 Å². The van der Waals surface area contributed by atoms with Gasteiger partial charge in [0.2, 0.25) is 0 Å². The number of hydrogen-bond donors (Lipinski definition) is 1. The fraction of sp³-hybridized carbons (Fsp3) is 0.150. The van der Waals surface area contributed by atoms with Gasteiger partial charge in [-0.25, -0.2) is 4.98 Å². The lowest BCUT2D eigenvalue weighted by molar-refractivity contribution is 0.0739. The van der Waals surface area contributed by atoms with Crippen LogP contribution in [0.4, 0.5) is 0 Å². The summed E-state index contributed by atoms with van der Waals surface area (Å²) in [7, 11) is 1.77. The van der Waals surface area contributed by atoms with Gasteiger partial charge in [0.05, 0.1) is 23.0 Å². The molecule has 3 heterocycles. The van der Waals surface area contributed by atoms with Gasteiger partial charge in [0.25, 0.3) is 5.91 Å². The van der Waals surface area contributed by atoms with Crippen LogP contribution in [0.25, 0.3) is 17.1 Å². The van der Waals surface area contributed by atoms with Crippen LogP contribution < -0.4 is 0 Å². The first-order chi connectivity index (χ1) is 13.6. The number of carbonyl (C=O) groups excluding carboxylic acids is 1. The van der Waals surface area contributed by atoms with Crippen molar-refractivity contribution in [3.05, 3.63) is 78.6 Å². The fourth-order valence-corrected chi connectivity index (χ4v) is 2.88. The normalized spacial score (nSPS) is 11.9. The summed E-state index contributed by atoms with van der Waals surface area (Å²) < 4.78 is 1.68. The van der Waals surface area contributed by atoms with Crippen molar-refractivity contribution < 1.29 is 4.79 Å². The number of hydrogen-bond acceptors (Lipinski definition) is 5. The maximum atomic E-state index is 12.9. The van der Waals surface area contributed by atoms with E-state index in [2.05, 4.69) is 25.4 Å². The molecular weight excluding hydrogens is 354 g/mol. The zero-order valence-corrected chi connectivity index (χ0v) is 15.5. The molecule has 4 aromatic rings. The summed E-state index contributed by atoms with van der Waals surface area (Å²) in [4.78, 5) is 18.8. The highest BCUT2D eigenvalue weighted by molar-refractivity contribution is 5.94. The third-order valence-electron chi connectivity index (χ3n) is 4.70. The molecule has 8 nitrogen and oxygen atoms in total. The molecule has 8 heteroatoms. The van der Waals surface area contributed by atoms with Crippen molar-refractivity contribution in [3.8, 4) is 17.1 Å². The first-order valence-electron chi connectivity index (χ1n) is 8.82. The predicted molar refractivity (Wildman–Crippen MR) is 104 cm³/mol. The Hall–Kier alpha value is -3.81. The van der Waals surface area contributed by atoms with Gasteiger partial charge < -0.3 is 4.90 Å². The van der Waals surface area contributed by atoms with Gasteiger partial charge >= 0.3 is 0 Å². The van der Waals surface area contributed by atoms with Crippen LogP contribution in [-0.2, 0) is 0 Å². The Kier molecular flexibility index (Phi) is 4.67. The lowest BCUT2D eigenvalue weighted by atomic mass is 10.1. The van der Waals surface area contributed by atoms with Gasteiger partial charge in [-0.3, -0.25) is 14.5 Å². The number of carbonyl (C=O) groups is 1. The molecule has 0 aliphatic heterocycles. The zero-order valence-electron chi connectivity index (χ0n) is 15.5. The van der Waals surface area contributed by atoms with Crippen LogP contribution in [0.5, 0.6) is 0 Å². The molecule has 1 atom stereocenters. The highest BCUT2D eigenvalue weighted by Crippen LogP contribution is 2.24. The van der Waals surface area contributed by atoms with Crippen molar-refractivity contribution in [2.45, 2.75) is 13.0 Å². The SMILES string of the molecule is C[C@@H](c1cc(-c2ccccc2)n[nH]1)N(C)C(=O)c1ccc(-n2cnnc2)nc1. The van der Waals surface area contributed by atoms with Gasteiger partial charge in [0.1, 0.15) is 18.5 Å². The molecule has 1 aromatic carbocycles. The van der Waals surface area contributed by atoms with E-state index in [-0.39, 0.29) is 11.9 Å². The second-order valence-electron chi connectivity index (χ2n) is 6.44. The van der Waals surface area contributed by atoms with Gasteiger partial charge in [-0.05, 0) is 25.1 Å². The number of rotatable bonds is 5. The van der Waals surface area contributed by atoms with Crippen LogP contribution in [0.2, 0.25) is 0 Å². The molecule has 3 aromatic heterocycles. The largest absolute Gasteiger partial charge is 0.333 e. The van der Waals surface area contributed by atoms with Crippen LogP contribution in [0, 0.1) is 0 Å². The van der Waals surface area contributed by atoms with E-state index in [1.165, 1.54) is 0 Å². The summed E-state index contributed by atoms with van der Waals surface area (Å²) in [6.07, 6.45) is 4.67. The second kappa shape index (κ2) is 7.43. The highest BCUT2D eigenvalue weighted by atomic mass is 16.2. The molecule has 0 spiro atoms. The minimum atomic E-state index is -0.171. The molecule has 0 bridgehead atoms. The molecule has 1 N–H and O–H groups in total. The Bertz CT molecular complexity index is 1060. The van der Waals surface area contributed by atoms with Gasteiger partial charge in [0.15, 0.2) is 0 Å². The smallest absolute Gasteiger partial charge is 0.255 e. The van der Waals surface area contributed by atoms with Crippen LogP contribution in [0.15, 0.2) is 67.4 Å². The number of benzene rings is 1. The maximum absolute atomic E-state index is 12.9. The summed E-state index contributed by atoms with van der Waals surface area (Å²) >= 11 is 0. The third kappa shape index (κ3) is 3.39. The Balaban J connectivity index is 1.50. The van der Waals surface area contributed by atoms with Crippen LogP contribution in [-0.4, -0.2) is 47.8 Å². The van der Waals surface area contributed by atoms with E-state index >= 15 is 0 Å². The van der Waals surface area contributed by atoms with E-state index < -0.39 is 0 Å². The minimum absolute atomic E-state index is 0.119. The summed E-state index contributed by atoms with van der Waals surface area (Å²) in [5.41, 5.74) is 3.25. The molecule has 0 unspecified atom stereocenters. The standard InChI is InChI=1S/C20H19N7O/c1-14(17-10-18(25-24-17)15-6-4-3-5-7-15)26(2)20(28)16-8-9-19(21-11-16)27-12-22-23-13-27/h3-14H,1-2H3,(H,24,25)/t14-/m0/s1. The van der Waals surface area contributed by atoms with E-state index in [0.717, 1.165) is 17.0 Å². The van der Waals surface area contributed by atoms with Gasteiger partial charge in [0, 0.05) is 18.8 Å². The Morgan fingerprint density at radius 3 is 2.54 bits per heavy atom. The van der Waals surface area contributed by atoms with E-state index in [9.17, 15) is 4.79 Å². The average molecular weight is 373 g/mol. The summed E-state index contributed by atoms with van der Waals surface area (Å²) in [6.45, 7) is 1.96. The number of nitrogens with one attached hydrogen (secondary N) is 1. The monoisotopic (exact) mass is 373 g/mol. The van der Waals surface area contributed by atoms with E-state index in [0.29, 0.717) is 11.4 Å². The first kappa shape index (κ1) is 17.6. The fourth-order valence-electron chi connectivity index (χ4n) is 2.88. The quantitative estimate of drug-likeness (QED) is 0.581. The maximum Gasteiger partial charge on any atom is 0.255 e. The summed E-state index contributed by atoms with van der Waals surface area (Å²) in [5, 5.41) is 14.9. The number of pyridine rings is 1. The van der Waals surface area contributed by atoms with E-state index in [1.807, 2.05) is 43.3 Å². The first-order valence-corrected chi connectivity index (χ1v) is 8.82. The van der Waals surface area contributed by atoms with Crippen molar-refractivity contribution in [2.75, 3.05) is 7.05 Å². The van der Waals surface area contributed by atoms with Gasteiger partial charge in [-0.1, -0.05) is 30.3 Å². The Morgan fingerprint density at radius 2 is 1.86 bits per heavy atom. The van der Waals surface area contributed by atoms with Crippen molar-refractivity contribution in [2.24, 2.45) is 0 Å². The number of amides is 1. The molecule has 0 aliphatic carbocycles. The third-order valence-corrected chi connectivity index (χ3v) is 4.70. The molecule has 1 amide bonds. The lowest BCUT2D eigenvalue weighted by Crippen LogP contribution is -2.30. The average Bonchev–Trinajstić information content (AvgIpc) is 3.45. The van der Waals surface area contributed by atoms with Crippen LogP contribution >= 0.6 is 0 Å². The lowest BCUT2D eigenvalue weighted by Gasteiger charge is -2.23. The van der Waals surface area contributed by atoms with Crippen molar-refractivity contribution in [1.29, 1.82) is 0 Å². The topological polar surface area (TPSA) is 92.6 Å². The van der Waals surface area contributed by atoms with Crippen LogP contribution in [0.1, 0.15) is 29.0 Å². The minimum Gasteiger partial charge on any atom is -0.333 e. The number of H-pyrrole nitrogens is 1.